The summed E-state index contributed by atoms with van der Waals surface area (Å²) in [5.74, 6) is 5.79. The number of hydrogen-bond acceptors (Lipinski definition) is 22. The maximum Gasteiger partial charge on any atom is 0.219 e. The zero-order valence-electron chi connectivity index (χ0n) is 102. The van der Waals surface area contributed by atoms with Gasteiger partial charge in [-0.2, -0.15) is 0 Å². The SMILES string of the molecule is CC(=O)N1CCC(COC(C)(C)C)CC1.CC(C)(C)CCc1ccccn1.CC(C)(C)OC1CCOCC1.CC(C)(C)OCC1CCCCC1.CC(C)(C)OCCN1CCCC1.CC(C)(C)Oc1ccccn1.CC(C)c1csc(-n2cccc2)n1.CC(C)c1cscn1.CCCN1CCC(CCC(C)(C)C)CC1.CCN(CC)c1nc(C(C)C)cs1.CN1CCC(COC(C)(C)C)CC1.CN1CCC(OC(C)(C)C)CC1. The number of piperidine rings is 4. The highest BCUT2D eigenvalue weighted by Crippen LogP contribution is 2.33. The maximum atomic E-state index is 11.1. The molecule has 6 aromatic rings. The van der Waals surface area contributed by atoms with E-state index in [0.29, 0.717) is 52.6 Å². The van der Waals surface area contributed by atoms with Crippen molar-refractivity contribution in [2.75, 3.05) is 150 Å². The lowest BCUT2D eigenvalue weighted by Gasteiger charge is -2.33. The number of carbonyl (C=O) groups is 1. The Morgan fingerprint density at radius 3 is 1.27 bits per heavy atom. The molecule has 0 N–H and O–H groups in total. The second-order valence-corrected chi connectivity index (χ2v) is 54.0. The van der Waals surface area contributed by atoms with Gasteiger partial charge in [-0.05, 0) is 424 Å². The Balaban J connectivity index is 0.000000543. The van der Waals surface area contributed by atoms with E-state index in [1.807, 2.05) is 96.8 Å². The third-order valence-corrected chi connectivity index (χ3v) is 27.9. The molecule has 0 bridgehead atoms. The first-order valence-corrected chi connectivity index (χ1v) is 59.9. The molecule has 7 fully saturated rings. The summed E-state index contributed by atoms with van der Waals surface area (Å²) >= 11 is 5.09. The minimum Gasteiger partial charge on any atom is -0.472 e. The molecule has 1 saturated carbocycles. The molecule has 0 radical (unpaired) electrons. The van der Waals surface area contributed by atoms with Gasteiger partial charge in [-0.3, -0.25) is 9.78 Å². The van der Waals surface area contributed by atoms with Crippen molar-refractivity contribution in [3.8, 4) is 11.0 Å². The number of hydrogen-bond donors (Lipinski definition) is 0. The number of anilines is 1. The quantitative estimate of drug-likeness (QED) is 0.0527. The Hall–Kier alpha value is -4.90. The maximum absolute atomic E-state index is 11.1. The van der Waals surface area contributed by atoms with Crippen LogP contribution in [0.2, 0.25) is 0 Å². The van der Waals surface area contributed by atoms with E-state index in [2.05, 4.69) is 314 Å². The van der Waals surface area contributed by atoms with E-state index in [1.165, 1.54) is 191 Å². The van der Waals surface area contributed by atoms with Gasteiger partial charge in [0.1, 0.15) is 5.60 Å². The number of aromatic nitrogens is 6. The minimum absolute atomic E-state index is 0.00199. The Morgan fingerprint density at radius 1 is 0.435 bits per heavy atom. The van der Waals surface area contributed by atoms with Crippen LogP contribution in [0.1, 0.15) is 432 Å². The minimum atomic E-state index is -0.158. The number of pyridine rings is 2. The summed E-state index contributed by atoms with van der Waals surface area (Å²) < 4.78 is 47.4. The van der Waals surface area contributed by atoms with Crippen molar-refractivity contribution in [1.29, 1.82) is 0 Å². The third kappa shape index (κ3) is 76.3. The molecule has 7 aliphatic rings. The van der Waals surface area contributed by atoms with Gasteiger partial charge in [0.15, 0.2) is 10.3 Å². The van der Waals surface area contributed by atoms with Crippen molar-refractivity contribution in [2.45, 2.75) is 467 Å². The second-order valence-electron chi connectivity index (χ2n) is 51.7. The van der Waals surface area contributed by atoms with E-state index < -0.39 is 0 Å². The molecule has 850 valence electrons. The Morgan fingerprint density at radius 2 is 0.878 bits per heavy atom. The van der Waals surface area contributed by atoms with E-state index in [-0.39, 0.29) is 45.1 Å². The molecule has 21 nitrogen and oxygen atoms in total. The zero-order chi connectivity index (χ0) is 111. The summed E-state index contributed by atoms with van der Waals surface area (Å²) in [6, 6.07) is 15.7. The van der Waals surface area contributed by atoms with Gasteiger partial charge in [-0.15, -0.1) is 34.0 Å². The summed E-state index contributed by atoms with van der Waals surface area (Å²) in [5, 5.41) is 8.59. The van der Waals surface area contributed by atoms with Crippen LogP contribution in [0.3, 0.4) is 0 Å². The van der Waals surface area contributed by atoms with Crippen LogP contribution < -0.4 is 9.64 Å². The summed E-state index contributed by atoms with van der Waals surface area (Å²) in [7, 11) is 4.37. The van der Waals surface area contributed by atoms with Crippen LogP contribution in [0.4, 0.5) is 5.13 Å². The molecule has 0 spiro atoms. The average Bonchev–Trinajstić information content (AvgIpc) is 1.71. The normalized spacial score (nSPS) is 17.3. The fourth-order valence-electron chi connectivity index (χ4n) is 16.5. The van der Waals surface area contributed by atoms with Crippen molar-refractivity contribution in [3.63, 3.8) is 0 Å². The molecule has 1 aliphatic carbocycles. The standard InChI is InChI=1S/C14H29N.C12H23NO2.C11H23NO.C11H17N.C11H22O.C10H12N2S.C10H18N2S.2C10H21NO.C9H13NO.C9H18O2.C6H9NS/c1-5-10-15-11-7-13(8-12-15)6-9-14(2,3)4;1-10(14)13-7-5-11(6-8-13)9-15-12(2,3)4;1-11(2,3)13-9-10-5-7-12(4)8-6-10;1-11(2,3)8-7-10-6-4-5-9-12-10;1-11(2,3)12-9-10-7-5-4-6-8-10;1-8(2)9-7-13-10(11-9)12-5-3-4-6-12;1-5-12(6-2)10-11-9(7-13-10)8(3)4;1-10(2,3)12-9-5-7-11(4)8-6-9;1-10(2,3)12-9-8-11-6-4-5-7-11;1-9(2,3)11-8-6-4-5-7-10-8;1-9(2,3)11-8-4-6-10-7-5-8;1-5(2)6-3-8-4-7-6/h13H,5-12H2,1-4H3;11H,5-9H2,1-4H3;10H,5-9H2,1-4H3;4-6,9H,7-8H2,1-3H3;10H,4-9H2,1-3H3;3-8H,1-2H3;7-8H,5-6H2,1-4H3;9H,5-8H2,1-4H3;4-9H2,1-3H3;4-7H,1-3H3;8H,4-7H2,1-3H3;3-5H,1-2H3. The molecule has 0 unspecified atom stereocenters. The van der Waals surface area contributed by atoms with Crippen LogP contribution >= 0.6 is 34.0 Å². The summed E-state index contributed by atoms with van der Waals surface area (Å²) in [6.45, 7) is 101. The first-order chi connectivity index (χ1) is 68.5. The van der Waals surface area contributed by atoms with Crippen LogP contribution in [-0.2, 0) is 44.4 Å². The molecule has 0 aromatic carbocycles. The summed E-state index contributed by atoms with van der Waals surface area (Å²) in [5.41, 5.74) is 7.55. The zero-order valence-corrected chi connectivity index (χ0v) is 104. The number of ether oxygens (including phenoxy) is 8. The lowest BCUT2D eigenvalue weighted by molar-refractivity contribution is -0.130. The molecule has 24 heteroatoms. The number of likely N-dealkylation sites (tertiary alicyclic amines) is 5. The fraction of sp³-hybridized carbons (Fsp3) is 0.805. The number of nitrogens with zero attached hydrogens (tertiary/aromatic N) is 12. The van der Waals surface area contributed by atoms with E-state index in [1.54, 1.807) is 47.1 Å². The van der Waals surface area contributed by atoms with Crippen LogP contribution in [0.25, 0.3) is 5.13 Å². The first kappa shape index (κ1) is 138. The smallest absolute Gasteiger partial charge is 0.219 e. The van der Waals surface area contributed by atoms with Crippen molar-refractivity contribution in [2.24, 2.45) is 34.5 Å². The lowest BCUT2D eigenvalue weighted by atomic mass is 9.83. The van der Waals surface area contributed by atoms with Gasteiger partial charge in [0.05, 0.1) is 94.8 Å². The Kier molecular flexibility index (Phi) is 68.4. The van der Waals surface area contributed by atoms with Gasteiger partial charge < -0.3 is 71.9 Å². The molecule has 6 aliphatic heterocycles. The highest BCUT2D eigenvalue weighted by Gasteiger charge is 2.29. The van der Waals surface area contributed by atoms with Gasteiger partial charge >= 0.3 is 0 Å². The van der Waals surface area contributed by atoms with Crippen LogP contribution in [0.5, 0.6) is 5.88 Å². The average molecular weight is 2110 g/mol. The number of aryl methyl sites for hydroxylation is 1. The molecule has 6 aromatic heterocycles. The largest absolute Gasteiger partial charge is 0.472 e. The molecule has 13 rings (SSSR count). The predicted molar refractivity (Wildman–Crippen MR) is 633 cm³/mol. The van der Waals surface area contributed by atoms with E-state index in [9.17, 15) is 4.79 Å². The Labute approximate surface area is 915 Å². The Bertz CT molecular complexity index is 4070. The number of amides is 1. The monoisotopic (exact) mass is 2110 g/mol. The van der Waals surface area contributed by atoms with Crippen LogP contribution in [-0.4, -0.2) is 257 Å². The molecule has 0 atom stereocenters. The van der Waals surface area contributed by atoms with Gasteiger partial charge in [0.2, 0.25) is 11.8 Å². The van der Waals surface area contributed by atoms with E-state index in [0.717, 1.165) is 132 Å². The van der Waals surface area contributed by atoms with E-state index >= 15 is 0 Å². The van der Waals surface area contributed by atoms with Crippen molar-refractivity contribution in [3.05, 3.63) is 118 Å². The van der Waals surface area contributed by atoms with Crippen molar-refractivity contribution >= 4 is 45.0 Å². The van der Waals surface area contributed by atoms with Crippen LogP contribution in [0.15, 0.2) is 95.0 Å². The summed E-state index contributed by atoms with van der Waals surface area (Å²) in [4.78, 5) is 46.8. The number of rotatable bonds is 25. The number of thiazole rings is 3. The van der Waals surface area contributed by atoms with Crippen molar-refractivity contribution < 1.29 is 42.7 Å². The molecule has 1 amide bonds. The van der Waals surface area contributed by atoms with Gasteiger partial charge in [0, 0.05) is 119 Å². The molecular weight excluding hydrogens is 1890 g/mol. The first-order valence-electron chi connectivity index (χ1n) is 57.2. The molecular formula is C123H226N12O9S3. The molecule has 6 saturated heterocycles. The predicted octanol–water partition coefficient (Wildman–Crippen LogP) is 31.0. The molecule has 12 heterocycles. The fourth-order valence-corrected chi connectivity index (χ4v) is 19.3. The van der Waals surface area contributed by atoms with Crippen molar-refractivity contribution in [1.82, 2.24) is 54.0 Å². The highest BCUT2D eigenvalue weighted by atomic mass is 32.1. The van der Waals surface area contributed by atoms with Gasteiger partial charge in [0.25, 0.3) is 0 Å². The lowest BCUT2D eigenvalue weighted by Crippen LogP contribution is -2.38. The summed E-state index contributed by atoms with van der Waals surface area (Å²) in [6.07, 6.45) is 36.9. The van der Waals surface area contributed by atoms with E-state index in [4.69, 9.17) is 37.9 Å². The van der Waals surface area contributed by atoms with Gasteiger partial charge in [-0.25, -0.2) is 19.9 Å². The highest BCUT2D eigenvalue weighted by molar-refractivity contribution is 7.13. The van der Waals surface area contributed by atoms with Crippen LogP contribution in [0, 0.1) is 34.5 Å². The topological polar surface area (TPSA) is 180 Å². The number of carbonyl (C=O) groups excluding carboxylic acids is 1. The second kappa shape index (κ2) is 72.8. The molecule has 147 heavy (non-hydrogen) atoms. The third-order valence-electron chi connectivity index (χ3n) is 25.5. The van der Waals surface area contributed by atoms with Gasteiger partial charge in [-0.1, -0.05) is 121 Å².